The molecule has 1 aromatic carbocycles. The molecule has 0 bridgehead atoms. The average Bonchev–Trinajstić information content (AvgIpc) is 3.73. The number of carbonyl (C=O) groups is 5. The summed E-state index contributed by atoms with van der Waals surface area (Å²) >= 11 is 0. The van der Waals surface area contributed by atoms with Crippen molar-refractivity contribution in [3.8, 4) is 0 Å². The lowest BCUT2D eigenvalue weighted by Crippen LogP contribution is -2.55. The first kappa shape index (κ1) is 54.6. The molecule has 18 nitrogen and oxygen atoms in total. The van der Waals surface area contributed by atoms with Crippen LogP contribution in [0.2, 0.25) is 0 Å². The van der Waals surface area contributed by atoms with Crippen molar-refractivity contribution in [3.05, 3.63) is 35.9 Å². The monoisotopic (exact) mass is 891 g/mol. The van der Waals surface area contributed by atoms with Crippen molar-refractivity contribution in [3.63, 3.8) is 0 Å². The zero-order chi connectivity index (χ0) is 47.2. The second-order valence-corrected chi connectivity index (χ2v) is 17.0. The number of likely N-dealkylation sites (N-methyl/N-ethyl adjacent to an activating group) is 1. The standard InChI is InChI=1S/C45H78N8O10/c1-13-31(4)39(52(10)43(57)38(30(2)3)49-44(50(6)7)51(8)9)36(60-11)29-37(54)53-23-17-20-35(53)40(61-12)32(5)41(55)48-34(28-33-18-15-14-16-19-33)42(56)46-21-24-62-26-27-63-25-22-47-45(58)59/h14-16,18-19,30-32,34-36,38-40,47H,13,17,20-29H2,1-12H3,(H,46,56)(H,48,55)(H,58,59)/t31-,32+,34-,35-,36+,38-,39-,40+/m0/s1. The molecule has 1 saturated heterocycles. The van der Waals surface area contributed by atoms with E-state index in [0.29, 0.717) is 18.9 Å². The molecule has 0 radical (unpaired) electrons. The van der Waals surface area contributed by atoms with Crippen molar-refractivity contribution >= 4 is 35.7 Å². The highest BCUT2D eigenvalue weighted by Crippen LogP contribution is 2.30. The summed E-state index contributed by atoms with van der Waals surface area (Å²) < 4.78 is 22.9. The molecule has 358 valence electrons. The predicted octanol–water partition coefficient (Wildman–Crippen LogP) is 2.56. The van der Waals surface area contributed by atoms with Crippen LogP contribution in [0, 0.1) is 17.8 Å². The number of carboxylic acid groups (broad SMARTS) is 1. The summed E-state index contributed by atoms with van der Waals surface area (Å²) in [6.07, 6.45) is -0.0407. The number of ether oxygens (including phenoxy) is 4. The summed E-state index contributed by atoms with van der Waals surface area (Å²) in [7, 11) is 12.5. The average molecular weight is 891 g/mol. The number of aliphatic imine (C=N–C) groups is 1. The first-order valence-corrected chi connectivity index (χ1v) is 22.2. The SMILES string of the molecule is CC[C@H](C)[C@@H]([C@@H](CC(=O)N1CCC[C@H]1[C@H](OC)[C@@H](C)C(=O)N[C@@H](Cc1ccccc1)C(=O)NCCOCCOCCNC(=O)O)OC)N(C)C(=O)[C@@H](N=C(N(C)C)N(C)C)C(C)C. The zero-order valence-corrected chi connectivity index (χ0v) is 39.9. The van der Waals surface area contributed by atoms with Crippen molar-refractivity contribution < 1.29 is 48.0 Å². The van der Waals surface area contributed by atoms with Gasteiger partial charge in [0.05, 0.1) is 63.1 Å². The molecular formula is C45H78N8O10. The molecule has 63 heavy (non-hydrogen) atoms. The Hall–Kier alpha value is -4.52. The lowest BCUT2D eigenvalue weighted by atomic mass is 9.89. The van der Waals surface area contributed by atoms with E-state index < -0.39 is 48.4 Å². The summed E-state index contributed by atoms with van der Waals surface area (Å²) in [6, 6.07) is 7.01. The lowest BCUT2D eigenvalue weighted by Gasteiger charge is -2.40. The molecule has 1 heterocycles. The van der Waals surface area contributed by atoms with Gasteiger partial charge in [0.1, 0.15) is 12.1 Å². The molecule has 5 amide bonds. The van der Waals surface area contributed by atoms with Gasteiger partial charge in [0.2, 0.25) is 23.6 Å². The molecule has 1 aliphatic rings. The van der Waals surface area contributed by atoms with Crippen molar-refractivity contribution in [2.75, 3.05) is 95.5 Å². The molecule has 0 saturated carbocycles. The zero-order valence-electron chi connectivity index (χ0n) is 39.9. The Labute approximate surface area is 375 Å². The molecule has 0 aromatic heterocycles. The Bertz CT molecular complexity index is 1570. The van der Waals surface area contributed by atoms with E-state index in [1.165, 1.54) is 7.11 Å². The van der Waals surface area contributed by atoms with E-state index in [2.05, 4.69) is 29.8 Å². The molecule has 1 aromatic rings. The highest BCUT2D eigenvalue weighted by Gasteiger charge is 2.43. The topological polar surface area (TPSA) is 204 Å². The van der Waals surface area contributed by atoms with Gasteiger partial charge in [0.15, 0.2) is 5.96 Å². The number of rotatable bonds is 27. The second-order valence-electron chi connectivity index (χ2n) is 17.0. The summed E-state index contributed by atoms with van der Waals surface area (Å²) in [5, 5.41) is 16.7. The molecule has 18 heteroatoms. The van der Waals surface area contributed by atoms with E-state index in [1.807, 2.05) is 82.2 Å². The van der Waals surface area contributed by atoms with Gasteiger partial charge in [0.25, 0.3) is 0 Å². The van der Waals surface area contributed by atoms with Crippen LogP contribution in [0.3, 0.4) is 0 Å². The molecule has 1 aliphatic heterocycles. The Morgan fingerprint density at radius 3 is 1.98 bits per heavy atom. The fourth-order valence-electron chi connectivity index (χ4n) is 8.04. The van der Waals surface area contributed by atoms with E-state index in [0.717, 1.165) is 18.4 Å². The largest absolute Gasteiger partial charge is 0.465 e. The molecule has 4 N–H and O–H groups in total. The van der Waals surface area contributed by atoms with E-state index >= 15 is 0 Å². The van der Waals surface area contributed by atoms with Crippen LogP contribution < -0.4 is 16.0 Å². The maximum Gasteiger partial charge on any atom is 0.404 e. The predicted molar refractivity (Wildman–Crippen MR) is 242 cm³/mol. The summed E-state index contributed by atoms with van der Waals surface area (Å²) in [5.41, 5.74) is 0.863. The molecular weight excluding hydrogens is 813 g/mol. The summed E-state index contributed by atoms with van der Waals surface area (Å²) in [6.45, 7) is 11.6. The number of guanidine groups is 1. The minimum absolute atomic E-state index is 0.00492. The van der Waals surface area contributed by atoms with E-state index in [4.69, 9.17) is 29.0 Å². The van der Waals surface area contributed by atoms with Crippen LogP contribution in [0.15, 0.2) is 35.3 Å². The van der Waals surface area contributed by atoms with Crippen LogP contribution in [-0.2, 0) is 44.5 Å². The first-order chi connectivity index (χ1) is 29.9. The third-order valence-corrected chi connectivity index (χ3v) is 11.6. The van der Waals surface area contributed by atoms with Gasteiger partial charge in [-0.3, -0.25) is 19.2 Å². The van der Waals surface area contributed by atoms with Crippen molar-refractivity contribution in [2.24, 2.45) is 22.7 Å². The summed E-state index contributed by atoms with van der Waals surface area (Å²) in [4.78, 5) is 78.9. The van der Waals surface area contributed by atoms with Crippen LogP contribution in [0.4, 0.5) is 4.79 Å². The molecule has 0 unspecified atom stereocenters. The number of nitrogens with one attached hydrogen (secondary N) is 3. The van der Waals surface area contributed by atoms with Crippen LogP contribution >= 0.6 is 0 Å². The second kappa shape index (κ2) is 28.3. The van der Waals surface area contributed by atoms with Gasteiger partial charge >= 0.3 is 6.09 Å². The molecule has 0 spiro atoms. The van der Waals surface area contributed by atoms with E-state index in [-0.39, 0.29) is 87.8 Å². The van der Waals surface area contributed by atoms with E-state index in [9.17, 15) is 24.0 Å². The van der Waals surface area contributed by atoms with Gasteiger partial charge in [-0.25, -0.2) is 9.79 Å². The highest BCUT2D eigenvalue weighted by atomic mass is 16.5. The Kier molecular flexibility index (Phi) is 24.5. The van der Waals surface area contributed by atoms with Gasteiger partial charge in [-0.1, -0.05) is 71.4 Å². The van der Waals surface area contributed by atoms with Crippen molar-refractivity contribution in [1.29, 1.82) is 0 Å². The van der Waals surface area contributed by atoms with Crippen LogP contribution in [0.1, 0.15) is 65.9 Å². The van der Waals surface area contributed by atoms with Crippen LogP contribution in [0.25, 0.3) is 0 Å². The minimum Gasteiger partial charge on any atom is -0.465 e. The highest BCUT2D eigenvalue weighted by molar-refractivity contribution is 5.89. The van der Waals surface area contributed by atoms with Crippen molar-refractivity contribution in [2.45, 2.75) is 103 Å². The number of amides is 5. The van der Waals surface area contributed by atoms with Crippen LogP contribution in [0.5, 0.6) is 0 Å². The smallest absolute Gasteiger partial charge is 0.404 e. The first-order valence-electron chi connectivity index (χ1n) is 22.2. The fourth-order valence-corrected chi connectivity index (χ4v) is 8.04. The lowest BCUT2D eigenvalue weighted by molar-refractivity contribution is -0.146. The normalized spacial score (nSPS) is 17.1. The molecule has 2 rings (SSSR count). The fraction of sp³-hybridized carbons (Fsp3) is 0.733. The number of methoxy groups -OCH3 is 2. The van der Waals surface area contributed by atoms with Crippen molar-refractivity contribution in [1.82, 2.24) is 35.6 Å². The molecule has 1 fully saturated rings. The maximum atomic E-state index is 14.4. The number of likely N-dealkylation sites (tertiary alicyclic amines) is 1. The third-order valence-electron chi connectivity index (χ3n) is 11.6. The Morgan fingerprint density at radius 1 is 0.857 bits per heavy atom. The minimum atomic E-state index is -1.12. The van der Waals surface area contributed by atoms with Gasteiger partial charge in [-0.2, -0.15) is 0 Å². The van der Waals surface area contributed by atoms with Gasteiger partial charge < -0.3 is 59.6 Å². The third kappa shape index (κ3) is 17.5. The molecule has 8 atom stereocenters. The number of nitrogens with zero attached hydrogens (tertiary/aromatic N) is 5. The van der Waals surface area contributed by atoms with Gasteiger partial charge in [-0.15, -0.1) is 0 Å². The Morgan fingerprint density at radius 2 is 1.46 bits per heavy atom. The number of hydrogen-bond acceptors (Lipinski definition) is 10. The Balaban J connectivity index is 2.20. The maximum absolute atomic E-state index is 14.4. The number of hydrogen-bond donors (Lipinski definition) is 4. The molecule has 0 aliphatic carbocycles. The quantitative estimate of drug-likeness (QED) is 0.0572. The summed E-state index contributed by atoms with van der Waals surface area (Å²) in [5.74, 6) is -1.22. The number of carbonyl (C=O) groups excluding carboxylic acids is 4. The van der Waals surface area contributed by atoms with Gasteiger partial charge in [0, 0.05) is 75.5 Å². The van der Waals surface area contributed by atoms with Gasteiger partial charge in [-0.05, 0) is 30.2 Å². The van der Waals surface area contributed by atoms with E-state index in [1.54, 1.807) is 30.9 Å². The number of benzene rings is 1. The van der Waals surface area contributed by atoms with Crippen LogP contribution in [-0.4, -0.2) is 192 Å².